The van der Waals surface area contributed by atoms with Gasteiger partial charge in [-0.15, -0.1) is 0 Å². The molecule has 0 radical (unpaired) electrons. The first kappa shape index (κ1) is 24.1. The molecule has 0 saturated carbocycles. The molecule has 9 heteroatoms. The Morgan fingerprint density at radius 1 is 0.829 bits per heavy atom. The Labute approximate surface area is 201 Å². The molecule has 1 aromatic heterocycles. The molecular weight excluding hydrogens is 470 g/mol. The summed E-state index contributed by atoms with van der Waals surface area (Å²) in [6.07, 6.45) is 1.83. The van der Waals surface area contributed by atoms with Crippen LogP contribution in [0.2, 0.25) is 0 Å². The van der Waals surface area contributed by atoms with Gasteiger partial charge in [0.15, 0.2) is 29.2 Å². The number of phenols is 3. The standard InChI is InChI=1S/C19H15NO4.C7H8O3S/c1-20-9-14-11(5-6-17(24-2)19(14)23)12-4-3-10-7-15(21)16(22)8-13(10)18(12)20;1-6-2-4-7(5-3-6)11(8,9)10/h3-9H,1-2H3,(H2,21,22,23);2-5H,1H3,(H,8,9,10). The number of fused-ring (bicyclic) bond motifs is 5. The highest BCUT2D eigenvalue weighted by molar-refractivity contribution is 7.85. The highest BCUT2D eigenvalue weighted by atomic mass is 32.2. The van der Waals surface area contributed by atoms with Crippen LogP contribution in [0, 0.1) is 6.92 Å². The van der Waals surface area contributed by atoms with E-state index in [2.05, 4.69) is 0 Å². The Hall–Kier alpha value is -4.08. The molecule has 4 aromatic carbocycles. The first-order valence-electron chi connectivity index (χ1n) is 10.5. The van der Waals surface area contributed by atoms with Crippen LogP contribution in [0.1, 0.15) is 5.56 Å². The molecule has 8 nitrogen and oxygen atoms in total. The van der Waals surface area contributed by atoms with Gasteiger partial charge in [-0.05, 0) is 54.8 Å². The van der Waals surface area contributed by atoms with E-state index in [4.69, 9.17) is 4.74 Å². The molecule has 5 rings (SSSR count). The molecule has 0 amide bonds. The number of rotatable bonds is 2. The lowest BCUT2D eigenvalue weighted by atomic mass is 10.00. The predicted molar refractivity (Wildman–Crippen MR) is 131 cm³/mol. The van der Waals surface area contributed by atoms with Gasteiger partial charge >= 0.3 is 0 Å². The van der Waals surface area contributed by atoms with Crippen molar-refractivity contribution >= 4 is 42.6 Å². The molecule has 0 saturated heterocycles. The van der Waals surface area contributed by atoms with Crippen molar-refractivity contribution in [3.63, 3.8) is 0 Å². The number of pyridine rings is 1. The number of benzene rings is 4. The number of aromatic nitrogens is 1. The van der Waals surface area contributed by atoms with Crippen LogP contribution in [-0.2, 0) is 17.2 Å². The van der Waals surface area contributed by atoms with Gasteiger partial charge in [-0.2, -0.15) is 4.57 Å². The highest BCUT2D eigenvalue weighted by Gasteiger charge is 2.19. The molecule has 0 atom stereocenters. The van der Waals surface area contributed by atoms with Gasteiger partial charge < -0.3 is 24.6 Å². The fourth-order valence-electron chi connectivity index (χ4n) is 4.01. The third-order valence-corrected chi connectivity index (χ3v) is 6.61. The second-order valence-electron chi connectivity index (χ2n) is 8.11. The molecule has 0 aliphatic heterocycles. The second-order valence-corrected chi connectivity index (χ2v) is 9.49. The predicted octanol–water partition coefficient (Wildman–Crippen LogP) is 4.00. The molecule has 0 bridgehead atoms. The Bertz CT molecular complexity index is 1700. The summed E-state index contributed by atoms with van der Waals surface area (Å²) in [7, 11) is -0.872. The number of hydrogen-bond donors (Lipinski definition) is 3. The first-order valence-corrected chi connectivity index (χ1v) is 11.9. The third-order valence-electron chi connectivity index (χ3n) is 5.76. The number of phenolic OH excluding ortho intramolecular Hbond substituents is 3. The molecule has 0 spiro atoms. The lowest BCUT2D eigenvalue weighted by Crippen LogP contribution is -2.28. The zero-order chi connectivity index (χ0) is 25.5. The van der Waals surface area contributed by atoms with Crippen LogP contribution >= 0.6 is 0 Å². The van der Waals surface area contributed by atoms with Gasteiger partial charge in [0, 0.05) is 5.39 Å². The van der Waals surface area contributed by atoms with Crippen LogP contribution in [0.3, 0.4) is 0 Å². The van der Waals surface area contributed by atoms with Crippen LogP contribution in [0.25, 0.3) is 32.4 Å². The zero-order valence-electron chi connectivity index (χ0n) is 19.2. The summed E-state index contributed by atoms with van der Waals surface area (Å²) in [6, 6.07) is 16.4. The van der Waals surface area contributed by atoms with Crippen LogP contribution in [0.4, 0.5) is 0 Å². The SMILES string of the molecule is COc1ccc2c(c[n+](C)c3c4cc(O)c(O)cc4ccc23)c1O.Cc1ccc(S(=O)(=O)[O-])cc1. The number of methoxy groups -OCH3 is 1. The topological polar surface area (TPSA) is 131 Å². The van der Waals surface area contributed by atoms with E-state index < -0.39 is 10.1 Å². The maximum Gasteiger partial charge on any atom is 0.220 e. The molecule has 5 aromatic rings. The van der Waals surface area contributed by atoms with Crippen LogP contribution in [0.15, 0.2) is 71.8 Å². The molecule has 0 fully saturated rings. The minimum atomic E-state index is -4.27. The average molecular weight is 494 g/mol. The van der Waals surface area contributed by atoms with Gasteiger partial charge in [0.05, 0.1) is 28.2 Å². The van der Waals surface area contributed by atoms with Crippen molar-refractivity contribution in [1.82, 2.24) is 0 Å². The van der Waals surface area contributed by atoms with Gasteiger partial charge in [0.25, 0.3) is 0 Å². The first-order chi connectivity index (χ1) is 16.5. The fourth-order valence-corrected chi connectivity index (χ4v) is 4.48. The average Bonchev–Trinajstić information content (AvgIpc) is 2.80. The van der Waals surface area contributed by atoms with Crippen molar-refractivity contribution < 1.29 is 37.6 Å². The van der Waals surface area contributed by atoms with E-state index in [1.165, 1.54) is 19.2 Å². The maximum absolute atomic E-state index is 10.4. The normalized spacial score (nSPS) is 11.4. The molecule has 180 valence electrons. The lowest BCUT2D eigenvalue weighted by Gasteiger charge is -2.10. The number of ether oxygens (including phenoxy) is 1. The Kier molecular flexibility index (Phi) is 6.14. The molecule has 0 aliphatic rings. The monoisotopic (exact) mass is 493 g/mol. The summed E-state index contributed by atoms with van der Waals surface area (Å²) in [6.45, 7) is 1.82. The van der Waals surface area contributed by atoms with Crippen molar-refractivity contribution in [1.29, 1.82) is 0 Å². The van der Waals surface area contributed by atoms with E-state index in [1.807, 2.05) is 42.9 Å². The number of aryl methyl sites for hydroxylation is 2. The minimum Gasteiger partial charge on any atom is -0.744 e. The highest BCUT2D eigenvalue weighted by Crippen LogP contribution is 2.39. The van der Waals surface area contributed by atoms with E-state index in [-0.39, 0.29) is 22.1 Å². The van der Waals surface area contributed by atoms with E-state index in [0.29, 0.717) is 11.1 Å². The molecule has 0 aliphatic carbocycles. The van der Waals surface area contributed by atoms with E-state index in [0.717, 1.165) is 32.6 Å². The summed E-state index contributed by atoms with van der Waals surface area (Å²) in [4.78, 5) is -0.178. The smallest absolute Gasteiger partial charge is 0.220 e. The summed E-state index contributed by atoms with van der Waals surface area (Å²) in [5.41, 5.74) is 1.83. The zero-order valence-corrected chi connectivity index (χ0v) is 20.0. The van der Waals surface area contributed by atoms with Crippen molar-refractivity contribution in [2.75, 3.05) is 7.11 Å². The Morgan fingerprint density at radius 2 is 1.46 bits per heavy atom. The van der Waals surface area contributed by atoms with Gasteiger partial charge in [-0.3, -0.25) is 0 Å². The maximum atomic E-state index is 10.4. The quantitative estimate of drug-likeness (QED) is 0.147. The van der Waals surface area contributed by atoms with Crippen LogP contribution in [-0.4, -0.2) is 35.4 Å². The van der Waals surface area contributed by atoms with Gasteiger partial charge in [-0.1, -0.05) is 23.8 Å². The largest absolute Gasteiger partial charge is 0.744 e. The number of nitrogens with zero attached hydrogens (tertiary/aromatic N) is 1. The van der Waals surface area contributed by atoms with Crippen molar-refractivity contribution in [3.05, 3.63) is 72.4 Å². The number of hydrogen-bond acceptors (Lipinski definition) is 7. The molecular formula is C26H23NO7S. The Balaban J connectivity index is 0.000000221. The van der Waals surface area contributed by atoms with Crippen LogP contribution in [0.5, 0.6) is 23.0 Å². The van der Waals surface area contributed by atoms with E-state index in [1.54, 1.807) is 30.3 Å². The number of aromatic hydroxyl groups is 3. The molecule has 3 N–H and O–H groups in total. The summed E-state index contributed by atoms with van der Waals surface area (Å²) in [5, 5.41) is 34.2. The third kappa shape index (κ3) is 4.51. The lowest BCUT2D eigenvalue weighted by molar-refractivity contribution is -0.642. The van der Waals surface area contributed by atoms with E-state index in [9.17, 15) is 28.3 Å². The summed E-state index contributed by atoms with van der Waals surface area (Å²) < 4.78 is 38.2. The molecule has 35 heavy (non-hydrogen) atoms. The van der Waals surface area contributed by atoms with Crippen molar-refractivity contribution in [2.45, 2.75) is 11.8 Å². The van der Waals surface area contributed by atoms with Crippen molar-refractivity contribution in [2.24, 2.45) is 7.05 Å². The summed E-state index contributed by atoms with van der Waals surface area (Å²) in [5.74, 6) is 0.215. The second kappa shape index (κ2) is 8.94. The summed E-state index contributed by atoms with van der Waals surface area (Å²) >= 11 is 0. The molecule has 0 unspecified atom stereocenters. The minimum absolute atomic E-state index is 0.0983. The Morgan fingerprint density at radius 3 is 2.09 bits per heavy atom. The fraction of sp³-hybridized carbons (Fsp3) is 0.115. The van der Waals surface area contributed by atoms with E-state index >= 15 is 0 Å². The van der Waals surface area contributed by atoms with Crippen LogP contribution < -0.4 is 9.30 Å². The molecule has 1 heterocycles. The van der Waals surface area contributed by atoms with Gasteiger partial charge in [0.2, 0.25) is 5.52 Å². The van der Waals surface area contributed by atoms with Gasteiger partial charge in [0.1, 0.15) is 17.2 Å². The van der Waals surface area contributed by atoms with Gasteiger partial charge in [-0.25, -0.2) is 8.42 Å². The van der Waals surface area contributed by atoms with Crippen molar-refractivity contribution in [3.8, 4) is 23.0 Å².